The molecule has 0 fully saturated rings. The topological polar surface area (TPSA) is 87.4 Å². The summed E-state index contributed by atoms with van der Waals surface area (Å²) >= 11 is 0. The molecule has 0 saturated carbocycles. The third-order valence-electron chi connectivity index (χ3n) is 3.91. The van der Waals surface area contributed by atoms with Gasteiger partial charge in [-0.2, -0.15) is 5.26 Å². The number of phenols is 1. The molecule has 1 aromatic heterocycles. The Morgan fingerprint density at radius 1 is 1.12 bits per heavy atom. The highest BCUT2D eigenvalue weighted by atomic mass is 16.5. The van der Waals surface area contributed by atoms with Crippen LogP contribution in [0, 0.1) is 18.3 Å². The fraction of sp³-hybridized carbons (Fsp3) is 0.158. The Morgan fingerprint density at radius 2 is 1.84 bits per heavy atom. The molecule has 0 atom stereocenters. The Balaban J connectivity index is 2.22. The number of ether oxygens (including phenoxy) is 2. The zero-order valence-corrected chi connectivity index (χ0v) is 14.1. The normalized spacial score (nSPS) is 10.3. The summed E-state index contributed by atoms with van der Waals surface area (Å²) < 4.78 is 10.7. The van der Waals surface area contributed by atoms with Gasteiger partial charge in [0.15, 0.2) is 11.5 Å². The minimum absolute atomic E-state index is 0.106. The molecule has 0 aliphatic heterocycles. The molecule has 0 unspecified atom stereocenters. The Hall–Kier alpha value is -3.46. The number of hydrogen-bond acceptors (Lipinski definition) is 6. The SMILES string of the molecule is COc1cc2ncc(C#N)c(Nc3ccc(C)cc3O)c2cc1OC. The number of aromatic hydroxyl groups is 1. The number of methoxy groups -OCH3 is 2. The molecule has 0 aliphatic rings. The van der Waals surface area contributed by atoms with Gasteiger partial charge in [0.2, 0.25) is 0 Å². The van der Waals surface area contributed by atoms with Gasteiger partial charge in [0.05, 0.1) is 36.7 Å². The van der Waals surface area contributed by atoms with E-state index in [1.807, 2.05) is 13.0 Å². The first-order valence-electron chi connectivity index (χ1n) is 7.59. The van der Waals surface area contributed by atoms with Crippen molar-refractivity contribution >= 4 is 22.3 Å². The minimum Gasteiger partial charge on any atom is -0.506 e. The number of phenolic OH excluding ortho intramolecular Hbond substituents is 1. The number of aromatic nitrogens is 1. The van der Waals surface area contributed by atoms with Gasteiger partial charge >= 0.3 is 0 Å². The quantitative estimate of drug-likeness (QED) is 0.704. The number of rotatable bonds is 4. The van der Waals surface area contributed by atoms with Crippen molar-refractivity contribution in [3.05, 3.63) is 47.7 Å². The van der Waals surface area contributed by atoms with Crippen molar-refractivity contribution < 1.29 is 14.6 Å². The molecular weight excluding hydrogens is 318 g/mol. The van der Waals surface area contributed by atoms with Crippen LogP contribution in [0.5, 0.6) is 17.2 Å². The Morgan fingerprint density at radius 3 is 2.48 bits per heavy atom. The van der Waals surface area contributed by atoms with E-state index in [1.165, 1.54) is 6.20 Å². The first kappa shape index (κ1) is 16.4. The smallest absolute Gasteiger partial charge is 0.162 e. The predicted octanol–water partition coefficient (Wildman–Crippen LogP) is 3.88. The molecule has 2 aromatic carbocycles. The van der Waals surface area contributed by atoms with E-state index in [0.29, 0.717) is 39.3 Å². The van der Waals surface area contributed by atoms with E-state index in [0.717, 1.165) is 5.56 Å². The maximum Gasteiger partial charge on any atom is 0.162 e. The van der Waals surface area contributed by atoms with E-state index in [-0.39, 0.29) is 5.75 Å². The van der Waals surface area contributed by atoms with Crippen molar-refractivity contribution in [1.82, 2.24) is 4.98 Å². The number of anilines is 2. The molecule has 25 heavy (non-hydrogen) atoms. The van der Waals surface area contributed by atoms with E-state index in [9.17, 15) is 10.4 Å². The monoisotopic (exact) mass is 335 g/mol. The Kier molecular flexibility index (Phi) is 4.31. The van der Waals surface area contributed by atoms with Crippen molar-refractivity contribution in [2.24, 2.45) is 0 Å². The number of nitrogens with one attached hydrogen (secondary N) is 1. The number of pyridine rings is 1. The second-order valence-electron chi connectivity index (χ2n) is 5.53. The summed E-state index contributed by atoms with van der Waals surface area (Å²) in [5, 5.41) is 23.4. The lowest BCUT2D eigenvalue weighted by Gasteiger charge is -2.15. The van der Waals surface area contributed by atoms with Gasteiger partial charge in [-0.05, 0) is 30.7 Å². The van der Waals surface area contributed by atoms with Gasteiger partial charge in [0, 0.05) is 17.6 Å². The van der Waals surface area contributed by atoms with Crippen molar-refractivity contribution in [3.8, 4) is 23.3 Å². The summed E-state index contributed by atoms with van der Waals surface area (Å²) in [6, 6.07) is 10.9. The van der Waals surface area contributed by atoms with Gasteiger partial charge in [-0.25, -0.2) is 0 Å². The van der Waals surface area contributed by atoms with E-state index in [4.69, 9.17) is 9.47 Å². The molecule has 6 heteroatoms. The Labute approximate surface area is 145 Å². The summed E-state index contributed by atoms with van der Waals surface area (Å²) in [6.45, 7) is 1.89. The highest BCUT2D eigenvalue weighted by molar-refractivity contribution is 5.98. The van der Waals surface area contributed by atoms with E-state index >= 15 is 0 Å². The van der Waals surface area contributed by atoms with Crippen LogP contribution in [0.25, 0.3) is 10.9 Å². The average Bonchev–Trinajstić information content (AvgIpc) is 2.62. The standard InChI is InChI=1S/C19H17N3O3/c1-11-4-5-14(16(23)6-11)22-19-12(9-20)10-21-15-8-18(25-3)17(24-2)7-13(15)19/h4-8,10,23H,1-3H3,(H,21,22). The first-order chi connectivity index (χ1) is 12.1. The molecule has 0 radical (unpaired) electrons. The van der Waals surface area contributed by atoms with Crippen LogP contribution in [0.2, 0.25) is 0 Å². The van der Waals surface area contributed by atoms with Gasteiger partial charge in [-0.15, -0.1) is 0 Å². The van der Waals surface area contributed by atoms with Crippen LogP contribution in [-0.4, -0.2) is 24.3 Å². The summed E-state index contributed by atoms with van der Waals surface area (Å²) in [7, 11) is 3.10. The molecule has 0 aliphatic carbocycles. The molecule has 0 amide bonds. The molecule has 3 rings (SSSR count). The first-order valence-corrected chi connectivity index (χ1v) is 7.59. The number of nitriles is 1. The van der Waals surface area contributed by atoms with E-state index in [2.05, 4.69) is 16.4 Å². The lowest BCUT2D eigenvalue weighted by molar-refractivity contribution is 0.356. The lowest BCUT2D eigenvalue weighted by atomic mass is 10.1. The number of aryl methyl sites for hydroxylation is 1. The van der Waals surface area contributed by atoms with Crippen LogP contribution in [0.1, 0.15) is 11.1 Å². The highest BCUT2D eigenvalue weighted by Gasteiger charge is 2.15. The molecular formula is C19H17N3O3. The Bertz CT molecular complexity index is 993. The summed E-state index contributed by atoms with van der Waals surface area (Å²) in [5.41, 5.74) is 3.00. The molecule has 0 spiro atoms. The second-order valence-corrected chi connectivity index (χ2v) is 5.53. The van der Waals surface area contributed by atoms with Crippen molar-refractivity contribution in [2.75, 3.05) is 19.5 Å². The van der Waals surface area contributed by atoms with Crippen LogP contribution in [0.3, 0.4) is 0 Å². The number of benzene rings is 2. The maximum absolute atomic E-state index is 10.2. The molecule has 6 nitrogen and oxygen atoms in total. The van der Waals surface area contributed by atoms with Crippen LogP contribution >= 0.6 is 0 Å². The largest absolute Gasteiger partial charge is 0.506 e. The zero-order valence-electron chi connectivity index (χ0n) is 14.1. The summed E-state index contributed by atoms with van der Waals surface area (Å²) in [6.07, 6.45) is 1.49. The van der Waals surface area contributed by atoms with Gasteiger partial charge in [0.1, 0.15) is 11.8 Å². The summed E-state index contributed by atoms with van der Waals surface area (Å²) in [4.78, 5) is 4.31. The average molecular weight is 335 g/mol. The van der Waals surface area contributed by atoms with E-state index < -0.39 is 0 Å². The second kappa shape index (κ2) is 6.57. The van der Waals surface area contributed by atoms with Gasteiger partial charge in [-0.3, -0.25) is 4.98 Å². The highest BCUT2D eigenvalue weighted by Crippen LogP contribution is 2.38. The van der Waals surface area contributed by atoms with Gasteiger partial charge in [0.25, 0.3) is 0 Å². The lowest BCUT2D eigenvalue weighted by Crippen LogP contribution is -1.99. The van der Waals surface area contributed by atoms with Gasteiger partial charge < -0.3 is 19.9 Å². The minimum atomic E-state index is 0.106. The zero-order chi connectivity index (χ0) is 18.0. The fourth-order valence-corrected chi connectivity index (χ4v) is 2.62. The van der Waals surface area contributed by atoms with E-state index in [1.54, 1.807) is 38.5 Å². The third kappa shape index (κ3) is 3.00. The van der Waals surface area contributed by atoms with Crippen molar-refractivity contribution in [3.63, 3.8) is 0 Å². The molecule has 3 aromatic rings. The van der Waals surface area contributed by atoms with Crippen molar-refractivity contribution in [1.29, 1.82) is 5.26 Å². The van der Waals surface area contributed by atoms with Crippen LogP contribution in [0.15, 0.2) is 36.5 Å². The maximum atomic E-state index is 10.2. The molecule has 126 valence electrons. The third-order valence-corrected chi connectivity index (χ3v) is 3.91. The fourth-order valence-electron chi connectivity index (χ4n) is 2.62. The molecule has 0 saturated heterocycles. The molecule has 0 bridgehead atoms. The number of nitrogens with zero attached hydrogens (tertiary/aromatic N) is 2. The van der Waals surface area contributed by atoms with Gasteiger partial charge in [-0.1, -0.05) is 6.07 Å². The van der Waals surface area contributed by atoms with Crippen LogP contribution < -0.4 is 14.8 Å². The molecule has 2 N–H and O–H groups in total. The predicted molar refractivity (Wildman–Crippen MR) is 95.7 cm³/mol. The number of hydrogen-bond donors (Lipinski definition) is 2. The summed E-state index contributed by atoms with van der Waals surface area (Å²) in [5.74, 6) is 1.19. The van der Waals surface area contributed by atoms with Crippen LogP contribution in [-0.2, 0) is 0 Å². The number of fused-ring (bicyclic) bond motifs is 1. The molecule has 1 heterocycles. The van der Waals surface area contributed by atoms with Crippen LogP contribution in [0.4, 0.5) is 11.4 Å². The van der Waals surface area contributed by atoms with Crippen molar-refractivity contribution in [2.45, 2.75) is 6.92 Å².